The number of hydrogen-bond acceptors (Lipinski definition) is 11. The molecule has 0 saturated carbocycles. The molecular formula is C36H39N5O8. The van der Waals surface area contributed by atoms with Gasteiger partial charge in [-0.25, -0.2) is 9.97 Å². The second kappa shape index (κ2) is 12.0. The third-order valence-electron chi connectivity index (χ3n) is 9.74. The number of oxazole rings is 2. The smallest absolute Gasteiger partial charge is 0.249 e. The molecule has 5 atom stereocenters. The first-order chi connectivity index (χ1) is 23.6. The van der Waals surface area contributed by atoms with Crippen LogP contribution < -0.4 is 20.7 Å². The number of nitrogens with zero attached hydrogens (tertiary/aromatic N) is 2. The van der Waals surface area contributed by atoms with E-state index in [0.29, 0.717) is 36.1 Å². The quantitative estimate of drug-likeness (QED) is 0.233. The highest BCUT2D eigenvalue weighted by Gasteiger charge is 2.61. The summed E-state index contributed by atoms with van der Waals surface area (Å²) in [6.07, 6.45) is -0.0924. The van der Waals surface area contributed by atoms with E-state index in [1.807, 2.05) is 56.3 Å². The molecule has 256 valence electrons. The van der Waals surface area contributed by atoms with Gasteiger partial charge in [-0.2, -0.15) is 0 Å². The first kappa shape index (κ1) is 31.5. The number of aliphatic hydroxyl groups is 1. The van der Waals surface area contributed by atoms with Crippen LogP contribution in [0.1, 0.15) is 80.5 Å². The van der Waals surface area contributed by atoms with Crippen LogP contribution in [-0.4, -0.2) is 58.5 Å². The van der Waals surface area contributed by atoms with E-state index >= 15 is 0 Å². The molecule has 13 heteroatoms. The molecule has 4 aliphatic rings. The molecule has 49 heavy (non-hydrogen) atoms. The fourth-order valence-electron chi connectivity index (χ4n) is 7.17. The van der Waals surface area contributed by atoms with Crippen LogP contribution in [0.15, 0.2) is 57.6 Å². The standard InChI is InChI=1S/C36H39N5O8/c1-17(2)26-33-41-27(32-38-24(16-47-32)34-45-12-7-13-46-34)29(49-33)36-20-8-5-6-9-22(20)39-35(36)48-25-11-10-19(14-21(25)36)15-23(30(43)40-26)37-31(44)28(42)18(3)4/h5-6,8-11,14,16-18,23,26,28,34-35,39,42H,7,12-13,15H2,1-4H3,(H,37,44)(H,40,43)/t23-,26-,28-,35+,36?/m0/s1. The first-order valence-corrected chi connectivity index (χ1v) is 16.8. The lowest BCUT2D eigenvalue weighted by Crippen LogP contribution is -2.52. The third-order valence-corrected chi connectivity index (χ3v) is 9.74. The highest BCUT2D eigenvalue weighted by Crippen LogP contribution is 2.59. The highest BCUT2D eigenvalue weighted by molar-refractivity contribution is 5.90. The van der Waals surface area contributed by atoms with Crippen molar-refractivity contribution in [3.8, 4) is 17.3 Å². The zero-order valence-corrected chi connectivity index (χ0v) is 27.7. The molecule has 4 aliphatic heterocycles. The number of aromatic nitrogens is 2. The lowest BCUT2D eigenvalue weighted by molar-refractivity contribution is -0.185. The van der Waals surface area contributed by atoms with E-state index in [0.717, 1.165) is 28.8 Å². The Hall–Kier alpha value is -4.72. The average molecular weight is 670 g/mol. The van der Waals surface area contributed by atoms with Crippen molar-refractivity contribution in [2.24, 2.45) is 11.8 Å². The predicted molar refractivity (Wildman–Crippen MR) is 174 cm³/mol. The van der Waals surface area contributed by atoms with Crippen LogP contribution in [0, 0.1) is 11.8 Å². The minimum atomic E-state index is -1.28. The second-order valence-electron chi connectivity index (χ2n) is 13.7. The number of amides is 2. The Bertz CT molecular complexity index is 1910. The van der Waals surface area contributed by atoms with E-state index in [1.165, 1.54) is 6.26 Å². The van der Waals surface area contributed by atoms with Gasteiger partial charge in [-0.15, -0.1) is 0 Å². The summed E-state index contributed by atoms with van der Waals surface area (Å²) in [5.74, 6) is -0.0397. The Morgan fingerprint density at radius 1 is 1.04 bits per heavy atom. The fraction of sp³-hybridized carbons (Fsp3) is 0.444. The Morgan fingerprint density at radius 3 is 2.61 bits per heavy atom. The number of nitrogens with one attached hydrogen (secondary N) is 3. The molecule has 4 N–H and O–H groups in total. The molecule has 4 bridgehead atoms. The topological polar surface area (TPSA) is 170 Å². The lowest BCUT2D eigenvalue weighted by Gasteiger charge is -2.29. The van der Waals surface area contributed by atoms with Crippen LogP contribution in [0.3, 0.4) is 0 Å². The first-order valence-electron chi connectivity index (χ1n) is 16.8. The summed E-state index contributed by atoms with van der Waals surface area (Å²) in [4.78, 5) is 36.9. The van der Waals surface area contributed by atoms with Crippen molar-refractivity contribution < 1.29 is 37.7 Å². The Kier molecular flexibility index (Phi) is 7.73. The van der Waals surface area contributed by atoms with Crippen LogP contribution in [0.25, 0.3) is 11.6 Å². The number of hydrogen-bond donors (Lipinski definition) is 4. The van der Waals surface area contributed by atoms with E-state index in [-0.39, 0.29) is 30.0 Å². The predicted octanol–water partition coefficient (Wildman–Crippen LogP) is 4.11. The van der Waals surface area contributed by atoms with Crippen LogP contribution in [-0.2, 0) is 30.9 Å². The number of ether oxygens (including phenoxy) is 3. The number of rotatable bonds is 6. The van der Waals surface area contributed by atoms with Crippen molar-refractivity contribution in [3.63, 3.8) is 0 Å². The molecule has 2 aromatic heterocycles. The molecule has 4 aromatic rings. The van der Waals surface area contributed by atoms with Crippen molar-refractivity contribution in [2.75, 3.05) is 18.5 Å². The summed E-state index contributed by atoms with van der Waals surface area (Å²) >= 11 is 0. The van der Waals surface area contributed by atoms with E-state index in [2.05, 4.69) is 16.0 Å². The number of carbonyl (C=O) groups is 2. The SMILES string of the molecule is CC(C)[C@H](O)C(=O)N[C@H]1Cc2ccc3c(c2)C2(c4ccccc4N[C@@H]2O3)c2oc(nc2-c2nc(C3OCCCO3)co2)[C@H](C(C)C)NC1=O. The average Bonchev–Trinajstić information content (AvgIpc) is 3.87. The van der Waals surface area contributed by atoms with Gasteiger partial charge in [0, 0.05) is 17.7 Å². The van der Waals surface area contributed by atoms with E-state index < -0.39 is 47.9 Å². The van der Waals surface area contributed by atoms with Gasteiger partial charge >= 0.3 is 0 Å². The maximum atomic E-state index is 14.0. The van der Waals surface area contributed by atoms with Crippen molar-refractivity contribution in [2.45, 2.75) is 76.7 Å². The molecule has 13 nitrogen and oxygen atoms in total. The van der Waals surface area contributed by atoms with Crippen LogP contribution in [0.2, 0.25) is 0 Å². The largest absolute Gasteiger partial charge is 0.469 e. The molecular weight excluding hydrogens is 630 g/mol. The molecule has 0 aliphatic carbocycles. The van der Waals surface area contributed by atoms with E-state index in [9.17, 15) is 14.7 Å². The lowest BCUT2D eigenvalue weighted by atomic mass is 9.72. The van der Waals surface area contributed by atoms with E-state index in [4.69, 9.17) is 33.0 Å². The van der Waals surface area contributed by atoms with Gasteiger partial charge in [0.15, 0.2) is 17.7 Å². The maximum Gasteiger partial charge on any atom is 0.249 e. The van der Waals surface area contributed by atoms with Crippen LogP contribution >= 0.6 is 0 Å². The Balaban J connectivity index is 1.34. The van der Waals surface area contributed by atoms with Gasteiger partial charge in [-0.3, -0.25) is 9.59 Å². The molecule has 2 aromatic carbocycles. The normalized spacial score (nSPS) is 25.0. The second-order valence-corrected chi connectivity index (χ2v) is 13.7. The molecule has 1 fully saturated rings. The minimum Gasteiger partial charge on any atom is -0.469 e. The molecule has 1 unspecified atom stereocenters. The molecule has 2 amide bonds. The van der Waals surface area contributed by atoms with Gasteiger partial charge in [0.1, 0.15) is 41.3 Å². The maximum absolute atomic E-state index is 14.0. The summed E-state index contributed by atoms with van der Waals surface area (Å²) in [6, 6.07) is 12.0. The molecule has 6 heterocycles. The zero-order valence-electron chi connectivity index (χ0n) is 27.7. The van der Waals surface area contributed by atoms with Crippen LogP contribution in [0.4, 0.5) is 5.69 Å². The summed E-state index contributed by atoms with van der Waals surface area (Å²) in [5.41, 5.74) is 3.16. The molecule has 1 saturated heterocycles. The summed E-state index contributed by atoms with van der Waals surface area (Å²) in [5, 5.41) is 20.0. The number of fused-ring (bicyclic) bond motifs is 4. The highest BCUT2D eigenvalue weighted by atomic mass is 16.7. The zero-order chi connectivity index (χ0) is 34.0. The number of carbonyl (C=O) groups excluding carboxylic acids is 2. The van der Waals surface area contributed by atoms with Crippen molar-refractivity contribution in [1.82, 2.24) is 20.6 Å². The summed E-state index contributed by atoms with van der Waals surface area (Å²) in [7, 11) is 0. The van der Waals surface area contributed by atoms with Gasteiger partial charge in [0.2, 0.25) is 29.9 Å². The molecule has 1 spiro atoms. The Morgan fingerprint density at radius 2 is 1.84 bits per heavy atom. The number of para-hydroxylation sites is 1. The minimum absolute atomic E-state index is 0.167. The molecule has 8 rings (SSSR count). The number of aliphatic hydroxyl groups excluding tert-OH is 1. The molecule has 0 radical (unpaired) electrons. The summed E-state index contributed by atoms with van der Waals surface area (Å²) < 4.78 is 31.2. The van der Waals surface area contributed by atoms with Gasteiger partial charge in [0.05, 0.1) is 13.2 Å². The summed E-state index contributed by atoms with van der Waals surface area (Å²) in [6.45, 7) is 8.48. The fourth-order valence-corrected chi connectivity index (χ4v) is 7.17. The van der Waals surface area contributed by atoms with E-state index in [1.54, 1.807) is 13.8 Å². The van der Waals surface area contributed by atoms with Gasteiger partial charge in [0.25, 0.3) is 0 Å². The Labute approximate surface area is 282 Å². The third kappa shape index (κ3) is 5.10. The number of anilines is 1. The van der Waals surface area contributed by atoms with Crippen molar-refractivity contribution in [3.05, 3.63) is 82.8 Å². The van der Waals surface area contributed by atoms with Crippen molar-refractivity contribution in [1.29, 1.82) is 0 Å². The van der Waals surface area contributed by atoms with Crippen LogP contribution in [0.5, 0.6) is 5.75 Å². The van der Waals surface area contributed by atoms with Gasteiger partial charge < -0.3 is 44.1 Å². The van der Waals surface area contributed by atoms with Crippen molar-refractivity contribution >= 4 is 17.5 Å². The van der Waals surface area contributed by atoms with Gasteiger partial charge in [-0.05, 0) is 41.5 Å². The monoisotopic (exact) mass is 669 g/mol. The van der Waals surface area contributed by atoms with Gasteiger partial charge in [-0.1, -0.05) is 58.0 Å². The number of benzene rings is 2.